The average molecular weight is 230 g/mol. The Labute approximate surface area is 81.7 Å². The van der Waals surface area contributed by atoms with Gasteiger partial charge in [0.2, 0.25) is 0 Å². The zero-order valence-electron chi connectivity index (χ0n) is 6.19. The molecule has 0 bridgehead atoms. The summed E-state index contributed by atoms with van der Waals surface area (Å²) in [5.41, 5.74) is 0. The van der Waals surface area contributed by atoms with Crippen LogP contribution in [0.3, 0.4) is 0 Å². The maximum atomic E-state index is 2.27. The van der Waals surface area contributed by atoms with Gasteiger partial charge in [0.15, 0.2) is 0 Å². The van der Waals surface area contributed by atoms with Gasteiger partial charge in [0.1, 0.15) is 0 Å². The van der Waals surface area contributed by atoms with Gasteiger partial charge in [-0.25, -0.2) is 0 Å². The van der Waals surface area contributed by atoms with Crippen molar-refractivity contribution in [3.05, 3.63) is 0 Å². The third-order valence-electron chi connectivity index (χ3n) is 0.986. The van der Waals surface area contributed by atoms with Crippen molar-refractivity contribution in [1.29, 1.82) is 0 Å². The van der Waals surface area contributed by atoms with Crippen molar-refractivity contribution in [2.45, 2.75) is 37.3 Å². The van der Waals surface area contributed by atoms with E-state index in [0.29, 0.717) is 0 Å². The topological polar surface area (TPSA) is 0 Å². The van der Waals surface area contributed by atoms with E-state index in [2.05, 4.69) is 13.8 Å². The van der Waals surface area contributed by atoms with Gasteiger partial charge in [-0.3, -0.25) is 0 Å². The second-order valence-corrected chi connectivity index (χ2v) is 3.60. The Bertz CT molecular complexity index is 32.2. The first-order valence-corrected chi connectivity index (χ1v) is 4.86. The maximum Gasteiger partial charge on any atom is -1.00 e. The predicted octanol–water partition coefficient (Wildman–Crippen LogP) is -0.0709. The van der Waals surface area contributed by atoms with Crippen LogP contribution < -0.4 is 12.4 Å². The summed E-state index contributed by atoms with van der Waals surface area (Å²) in [6, 6.07) is 0. The summed E-state index contributed by atoms with van der Waals surface area (Å²) in [6.07, 6.45) is 2.80. The van der Waals surface area contributed by atoms with E-state index in [1.54, 1.807) is 0 Å². The van der Waals surface area contributed by atoms with Gasteiger partial charge in [0.25, 0.3) is 0 Å². The number of rotatable bonds is 4. The van der Waals surface area contributed by atoms with Gasteiger partial charge in [-0.1, -0.05) is 0 Å². The van der Waals surface area contributed by atoms with Gasteiger partial charge in [-0.15, -0.1) is 17.0 Å². The molecule has 0 rings (SSSR count). The molecule has 0 N–H and O–H groups in total. The molecule has 0 heterocycles. The molecule has 0 unspecified atom stereocenters. The molecule has 0 aliphatic rings. The molecule has 0 saturated carbocycles. The molecule has 0 aromatic heterocycles. The molecule has 9 heavy (non-hydrogen) atoms. The van der Waals surface area contributed by atoms with Gasteiger partial charge < -0.3 is 12.4 Å². The molecule has 56 valence electrons. The molecule has 0 amide bonds. The van der Waals surface area contributed by atoms with Gasteiger partial charge in [-0.05, 0) is 0 Å². The predicted molar refractivity (Wildman–Crippen MR) is 46.3 cm³/mol. The monoisotopic (exact) mass is 228 g/mol. The first-order valence-electron chi connectivity index (χ1n) is 3.23. The molecule has 0 aliphatic heterocycles. The molecule has 3 heteroatoms. The summed E-state index contributed by atoms with van der Waals surface area (Å²) in [5.74, 6) is 0. The minimum absolute atomic E-state index is 0. The van der Waals surface area contributed by atoms with E-state index in [1.165, 1.54) is 23.4 Å². The SMILES string of the molecule is Br.CC[CH2][Al+][CH2]CC.[Cl-]. The smallest absolute Gasteiger partial charge is 1.00 e. The fourth-order valence-electron chi connectivity index (χ4n) is 0.553. The van der Waals surface area contributed by atoms with Crippen LogP contribution in [0, 0.1) is 0 Å². The third kappa shape index (κ3) is 17.6. The molecule has 0 fully saturated rings. The molecule has 0 aliphatic carbocycles. The van der Waals surface area contributed by atoms with Crippen LogP contribution in [0.5, 0.6) is 0 Å². The zero-order valence-corrected chi connectivity index (χ0v) is 9.82. The number of halogens is 2. The van der Waals surface area contributed by atoms with Crippen molar-refractivity contribution in [3.63, 3.8) is 0 Å². The van der Waals surface area contributed by atoms with Gasteiger partial charge in [0.05, 0.1) is 0 Å². The Morgan fingerprint density at radius 1 is 1.00 bits per heavy atom. The summed E-state index contributed by atoms with van der Waals surface area (Å²) >= 11 is 0.822. The van der Waals surface area contributed by atoms with Gasteiger partial charge in [-0.2, -0.15) is 0 Å². The van der Waals surface area contributed by atoms with E-state index in [4.69, 9.17) is 0 Å². The summed E-state index contributed by atoms with van der Waals surface area (Å²) in [5, 5.41) is 3.02. The van der Waals surface area contributed by atoms with Crippen molar-refractivity contribution in [2.75, 3.05) is 0 Å². The van der Waals surface area contributed by atoms with Crippen LogP contribution in [-0.4, -0.2) is 15.2 Å². The summed E-state index contributed by atoms with van der Waals surface area (Å²) < 4.78 is 0. The van der Waals surface area contributed by atoms with Gasteiger partial charge in [0, 0.05) is 0 Å². The molecule has 0 nitrogen and oxygen atoms in total. The van der Waals surface area contributed by atoms with Crippen molar-refractivity contribution >= 4 is 32.2 Å². The Morgan fingerprint density at radius 3 is 1.56 bits per heavy atom. The van der Waals surface area contributed by atoms with E-state index >= 15 is 0 Å². The Morgan fingerprint density at radius 2 is 1.33 bits per heavy atom. The maximum absolute atomic E-state index is 2.27. The number of hydrogen-bond donors (Lipinski definition) is 0. The molecule has 0 spiro atoms. The van der Waals surface area contributed by atoms with Crippen molar-refractivity contribution in [3.8, 4) is 0 Å². The van der Waals surface area contributed by atoms with Crippen molar-refractivity contribution < 1.29 is 12.4 Å². The third-order valence-corrected chi connectivity index (χ3v) is 2.96. The van der Waals surface area contributed by atoms with E-state index in [9.17, 15) is 0 Å². The standard InChI is InChI=1S/2C3H7.Al.BrH.ClH/c2*1-3-2;;;/h2*1,3H2,2H3;;2*1H/q;;+1;;/p-1. The molecular weight excluding hydrogens is 214 g/mol. The first kappa shape index (κ1) is 16.7. The van der Waals surface area contributed by atoms with Crippen molar-refractivity contribution in [2.24, 2.45) is 0 Å². The van der Waals surface area contributed by atoms with Crippen LogP contribution in [0.25, 0.3) is 0 Å². The fraction of sp³-hybridized carbons (Fsp3) is 1.00. The zero-order chi connectivity index (χ0) is 5.54. The van der Waals surface area contributed by atoms with Crippen LogP contribution in [0.15, 0.2) is 0 Å². The van der Waals surface area contributed by atoms with Crippen LogP contribution in [0.4, 0.5) is 0 Å². The summed E-state index contributed by atoms with van der Waals surface area (Å²) in [7, 11) is 0. The van der Waals surface area contributed by atoms with E-state index in [-0.39, 0.29) is 29.4 Å². The Balaban J connectivity index is -0.000000180. The quantitative estimate of drug-likeness (QED) is 0.468. The van der Waals surface area contributed by atoms with Gasteiger partial charge >= 0.3 is 52.5 Å². The average Bonchev–Trinajstić information content (AvgIpc) is 1.69. The van der Waals surface area contributed by atoms with Crippen LogP contribution in [0.2, 0.25) is 10.6 Å². The molecule has 0 aromatic carbocycles. The molecular formula is C6H15AlBrCl. The Kier molecular flexibility index (Phi) is 30.0. The molecule has 0 aromatic rings. The van der Waals surface area contributed by atoms with E-state index in [1.807, 2.05) is 0 Å². The second-order valence-electron chi connectivity index (χ2n) is 1.87. The van der Waals surface area contributed by atoms with E-state index in [0.717, 1.165) is 15.2 Å². The minimum atomic E-state index is 0. The number of hydrogen-bond acceptors (Lipinski definition) is 0. The van der Waals surface area contributed by atoms with Crippen LogP contribution >= 0.6 is 17.0 Å². The van der Waals surface area contributed by atoms with Crippen molar-refractivity contribution in [1.82, 2.24) is 0 Å². The second kappa shape index (κ2) is 16.1. The molecule has 0 atom stereocenters. The normalized spacial score (nSPS) is 6.44. The fourth-order valence-corrected chi connectivity index (χ4v) is 1.66. The first-order chi connectivity index (χ1) is 3.41. The van der Waals surface area contributed by atoms with Crippen LogP contribution in [0.1, 0.15) is 26.7 Å². The summed E-state index contributed by atoms with van der Waals surface area (Å²) in [4.78, 5) is 0. The molecule has 0 radical (unpaired) electrons. The molecule has 0 saturated heterocycles. The summed E-state index contributed by atoms with van der Waals surface area (Å²) in [6.45, 7) is 4.53. The Hall–Kier alpha value is 1.30. The largest absolute Gasteiger partial charge is 1.00 e. The van der Waals surface area contributed by atoms with Crippen LogP contribution in [-0.2, 0) is 0 Å². The minimum Gasteiger partial charge on any atom is -1.00 e. The van der Waals surface area contributed by atoms with E-state index < -0.39 is 0 Å².